The van der Waals surface area contributed by atoms with Crippen molar-refractivity contribution < 1.29 is 29.1 Å². The van der Waals surface area contributed by atoms with E-state index in [0.717, 1.165) is 5.69 Å². The van der Waals surface area contributed by atoms with Crippen molar-refractivity contribution in [2.75, 3.05) is 0 Å². The van der Waals surface area contributed by atoms with Gasteiger partial charge in [0.25, 0.3) is 0 Å². The third-order valence-corrected chi connectivity index (χ3v) is 1.88. The Hall–Kier alpha value is -1.55. The molecule has 2 heterocycles. The minimum absolute atomic E-state index is 0. The predicted octanol–water partition coefficient (Wildman–Crippen LogP) is -3.29. The van der Waals surface area contributed by atoms with Gasteiger partial charge in [0, 0.05) is 18.2 Å². The Balaban J connectivity index is 0.00000128. The number of aryl methyl sites for hydroxylation is 1. The SMILES string of the molecule is Cc1nc([C-]=O)nn1Cc1cnccn1.[Li+].[OH-]. The van der Waals surface area contributed by atoms with E-state index in [9.17, 15) is 4.79 Å². The number of hydrogen-bond acceptors (Lipinski definition) is 6. The summed E-state index contributed by atoms with van der Waals surface area (Å²) in [5.41, 5.74) is 0.767. The van der Waals surface area contributed by atoms with E-state index in [-0.39, 0.29) is 30.2 Å². The molecule has 0 radical (unpaired) electrons. The van der Waals surface area contributed by atoms with Crippen molar-refractivity contribution in [3.05, 3.63) is 35.9 Å². The van der Waals surface area contributed by atoms with Crippen LogP contribution in [-0.2, 0) is 11.3 Å². The molecule has 2 aromatic heterocycles. The van der Waals surface area contributed by atoms with Crippen LogP contribution >= 0.6 is 0 Å². The molecule has 0 bridgehead atoms. The largest absolute Gasteiger partial charge is 1.00 e. The molecular formula is C9H9LiN5O2-. The molecule has 17 heavy (non-hydrogen) atoms. The fraction of sp³-hybridized carbons (Fsp3) is 0.222. The van der Waals surface area contributed by atoms with Gasteiger partial charge in [0.2, 0.25) is 0 Å². The van der Waals surface area contributed by atoms with E-state index in [1.165, 1.54) is 0 Å². The summed E-state index contributed by atoms with van der Waals surface area (Å²) in [5, 5.41) is 3.94. The van der Waals surface area contributed by atoms with E-state index < -0.39 is 0 Å². The summed E-state index contributed by atoms with van der Waals surface area (Å²) < 4.78 is 1.59. The van der Waals surface area contributed by atoms with Gasteiger partial charge in [-0.15, -0.1) is 0 Å². The van der Waals surface area contributed by atoms with Crippen LogP contribution in [0.4, 0.5) is 0 Å². The van der Waals surface area contributed by atoms with Crippen molar-refractivity contribution >= 4 is 6.29 Å². The van der Waals surface area contributed by atoms with Gasteiger partial charge in [0.05, 0.1) is 18.4 Å². The Morgan fingerprint density at radius 1 is 1.41 bits per heavy atom. The van der Waals surface area contributed by atoms with Crippen LogP contribution in [0.25, 0.3) is 0 Å². The van der Waals surface area contributed by atoms with Gasteiger partial charge >= 0.3 is 18.9 Å². The summed E-state index contributed by atoms with van der Waals surface area (Å²) in [6, 6.07) is 0. The minimum Gasteiger partial charge on any atom is -0.870 e. The average molecular weight is 226 g/mol. The Bertz CT molecular complexity index is 473. The van der Waals surface area contributed by atoms with Gasteiger partial charge in [-0.3, -0.25) is 9.97 Å². The van der Waals surface area contributed by atoms with E-state index in [1.807, 2.05) is 0 Å². The van der Waals surface area contributed by atoms with Crippen LogP contribution in [0.5, 0.6) is 0 Å². The second kappa shape index (κ2) is 6.91. The molecule has 1 N–H and O–H groups in total. The van der Waals surface area contributed by atoms with Crippen LogP contribution in [0.2, 0.25) is 0 Å². The maximum absolute atomic E-state index is 10.3. The molecule has 2 rings (SSSR count). The van der Waals surface area contributed by atoms with E-state index >= 15 is 0 Å². The van der Waals surface area contributed by atoms with E-state index in [2.05, 4.69) is 20.1 Å². The van der Waals surface area contributed by atoms with Crippen LogP contribution in [0.1, 0.15) is 17.3 Å². The van der Waals surface area contributed by atoms with Gasteiger partial charge < -0.3 is 10.3 Å². The Morgan fingerprint density at radius 3 is 2.71 bits per heavy atom. The second-order valence-electron chi connectivity index (χ2n) is 2.94. The Kier molecular flexibility index (Phi) is 6.28. The zero-order valence-corrected chi connectivity index (χ0v) is 9.53. The Labute approximate surface area is 110 Å². The van der Waals surface area contributed by atoms with Crippen molar-refractivity contribution in [2.24, 2.45) is 0 Å². The summed E-state index contributed by atoms with van der Waals surface area (Å²) >= 11 is 0. The van der Waals surface area contributed by atoms with Crippen molar-refractivity contribution in [1.82, 2.24) is 24.7 Å². The van der Waals surface area contributed by atoms with Gasteiger partial charge in [0.1, 0.15) is 5.82 Å². The quantitative estimate of drug-likeness (QED) is 0.401. The fourth-order valence-corrected chi connectivity index (χ4v) is 1.18. The molecule has 0 amide bonds. The number of rotatable bonds is 3. The molecule has 84 valence electrons. The van der Waals surface area contributed by atoms with Crippen LogP contribution in [0.15, 0.2) is 18.6 Å². The van der Waals surface area contributed by atoms with Crippen LogP contribution in [-0.4, -0.2) is 36.5 Å². The molecular weight excluding hydrogens is 217 g/mol. The summed E-state index contributed by atoms with van der Waals surface area (Å²) in [7, 11) is 0. The van der Waals surface area contributed by atoms with Gasteiger partial charge in [0.15, 0.2) is 0 Å². The van der Waals surface area contributed by atoms with Crippen molar-refractivity contribution in [1.29, 1.82) is 0 Å². The number of hydrogen-bond donors (Lipinski definition) is 0. The maximum atomic E-state index is 10.3. The summed E-state index contributed by atoms with van der Waals surface area (Å²) in [5.74, 6) is 0.718. The standard InChI is InChI=1S/C9H8N5O.Li.H2O/c1-7-12-9(6-15)13-14(7)5-8-4-10-2-3-11-8;;/h2-4H,5H2,1H3;;1H2/q-1;+1;/p-1. The molecule has 0 unspecified atom stereocenters. The molecule has 0 aromatic carbocycles. The first-order chi connectivity index (χ1) is 7.29. The molecule has 0 aliphatic carbocycles. The summed E-state index contributed by atoms with van der Waals surface area (Å²) in [6.07, 6.45) is 6.49. The first-order valence-electron chi connectivity index (χ1n) is 4.34. The van der Waals surface area contributed by atoms with E-state index in [4.69, 9.17) is 0 Å². The molecule has 0 spiro atoms. The topological polar surface area (TPSA) is 104 Å². The molecule has 0 saturated carbocycles. The van der Waals surface area contributed by atoms with Crippen LogP contribution in [0, 0.1) is 6.92 Å². The zero-order valence-electron chi connectivity index (χ0n) is 9.53. The van der Waals surface area contributed by atoms with E-state index in [1.54, 1.807) is 36.5 Å². The fourth-order valence-electron chi connectivity index (χ4n) is 1.18. The van der Waals surface area contributed by atoms with Gasteiger partial charge in [-0.05, 0) is 6.92 Å². The number of nitrogens with zero attached hydrogens (tertiary/aromatic N) is 5. The molecule has 7 nitrogen and oxygen atoms in total. The summed E-state index contributed by atoms with van der Waals surface area (Å²) in [6.45, 7) is 2.22. The minimum atomic E-state index is 0. The summed E-state index contributed by atoms with van der Waals surface area (Å²) in [4.78, 5) is 22.3. The van der Waals surface area contributed by atoms with Gasteiger partial charge in [-0.1, -0.05) is 0 Å². The maximum Gasteiger partial charge on any atom is 1.00 e. The molecule has 0 aliphatic rings. The smallest absolute Gasteiger partial charge is 0.870 e. The first kappa shape index (κ1) is 15.4. The third kappa shape index (κ3) is 3.75. The van der Waals surface area contributed by atoms with Crippen molar-refractivity contribution in [3.63, 3.8) is 0 Å². The third-order valence-electron chi connectivity index (χ3n) is 1.88. The normalized spacial score (nSPS) is 9.00. The Morgan fingerprint density at radius 2 is 2.18 bits per heavy atom. The predicted molar refractivity (Wildman–Crippen MR) is 52.6 cm³/mol. The molecule has 0 atom stereocenters. The number of carbonyl (C=O) groups excluding carboxylic acids is 1. The molecule has 0 fully saturated rings. The average Bonchev–Trinajstić information content (AvgIpc) is 2.61. The molecule has 8 heteroatoms. The number of aromatic nitrogens is 5. The molecule has 0 saturated heterocycles. The second-order valence-corrected chi connectivity index (χ2v) is 2.94. The molecule has 0 aliphatic heterocycles. The van der Waals surface area contributed by atoms with E-state index in [0.29, 0.717) is 12.4 Å². The first-order valence-corrected chi connectivity index (χ1v) is 4.34. The van der Waals surface area contributed by atoms with Crippen molar-refractivity contribution in [3.8, 4) is 0 Å². The van der Waals surface area contributed by atoms with Gasteiger partial charge in [-0.25, -0.2) is 9.67 Å². The van der Waals surface area contributed by atoms with Crippen LogP contribution in [0.3, 0.4) is 0 Å². The monoisotopic (exact) mass is 226 g/mol. The molecule has 2 aromatic rings. The zero-order chi connectivity index (χ0) is 10.7. The van der Waals surface area contributed by atoms with Crippen molar-refractivity contribution in [2.45, 2.75) is 13.5 Å². The van der Waals surface area contributed by atoms with Gasteiger partial charge in [-0.2, -0.15) is 11.4 Å². The van der Waals surface area contributed by atoms with Crippen LogP contribution < -0.4 is 18.9 Å².